The van der Waals surface area contributed by atoms with Gasteiger partial charge in [-0.3, -0.25) is 4.79 Å². The summed E-state index contributed by atoms with van der Waals surface area (Å²) < 4.78 is 0. The highest BCUT2D eigenvalue weighted by atomic mass is 16.4. The number of nitrogens with zero attached hydrogens (tertiary/aromatic N) is 3. The van der Waals surface area contributed by atoms with Gasteiger partial charge in [0.05, 0.1) is 12.6 Å². The highest BCUT2D eigenvalue weighted by Gasteiger charge is 2.36. The van der Waals surface area contributed by atoms with E-state index >= 15 is 0 Å². The summed E-state index contributed by atoms with van der Waals surface area (Å²) in [6, 6.07) is 6.70. The number of carboxylic acids is 1. The van der Waals surface area contributed by atoms with Crippen LogP contribution in [0.4, 0.5) is 9.59 Å². The Hall–Kier alpha value is -3.10. The van der Waals surface area contributed by atoms with Crippen LogP contribution >= 0.6 is 0 Å². The molecule has 9 heteroatoms. The van der Waals surface area contributed by atoms with Crippen LogP contribution in [0, 0.1) is 0 Å². The first-order valence-corrected chi connectivity index (χ1v) is 9.49. The van der Waals surface area contributed by atoms with Crippen molar-refractivity contribution >= 4 is 23.8 Å². The first-order valence-electron chi connectivity index (χ1n) is 9.49. The second kappa shape index (κ2) is 9.90. The maximum absolute atomic E-state index is 12.9. The topological polar surface area (TPSA) is 110 Å². The second-order valence-corrected chi connectivity index (χ2v) is 7.38. The third-order valence-electron chi connectivity index (χ3n) is 4.88. The Morgan fingerprint density at radius 3 is 2.41 bits per heavy atom. The van der Waals surface area contributed by atoms with E-state index < -0.39 is 30.1 Å². The molecule has 1 fully saturated rings. The van der Waals surface area contributed by atoms with E-state index in [0.29, 0.717) is 25.8 Å². The van der Waals surface area contributed by atoms with Crippen molar-refractivity contribution in [1.29, 1.82) is 0 Å². The molecule has 0 aliphatic carbocycles. The fraction of sp³-hybridized carbons (Fsp3) is 0.500. The minimum Gasteiger partial charge on any atom is -0.480 e. The van der Waals surface area contributed by atoms with Crippen LogP contribution in [0.1, 0.15) is 18.4 Å². The largest absolute Gasteiger partial charge is 0.480 e. The number of carbonyl (C=O) groups is 4. The zero-order chi connectivity index (χ0) is 21.6. The lowest BCUT2D eigenvalue weighted by atomic mass is 10.0. The molecule has 1 aromatic rings. The number of hydrogen-bond donors (Lipinski definition) is 2. The van der Waals surface area contributed by atoms with Crippen LogP contribution < -0.4 is 5.32 Å². The maximum Gasteiger partial charge on any atom is 0.326 e. The number of aliphatic carboxylic acids is 1. The molecule has 0 radical (unpaired) electrons. The fourth-order valence-corrected chi connectivity index (χ4v) is 3.26. The van der Waals surface area contributed by atoms with Crippen molar-refractivity contribution in [3.05, 3.63) is 35.9 Å². The van der Waals surface area contributed by atoms with Crippen LogP contribution in [0.15, 0.2) is 30.3 Å². The molecule has 9 nitrogen and oxygen atoms in total. The summed E-state index contributed by atoms with van der Waals surface area (Å²) in [5, 5.41) is 12.0. The molecule has 1 unspecified atom stereocenters. The summed E-state index contributed by atoms with van der Waals surface area (Å²) in [7, 11) is 4.62. The van der Waals surface area contributed by atoms with Gasteiger partial charge in [-0.1, -0.05) is 30.3 Å². The molecule has 1 aromatic carbocycles. The van der Waals surface area contributed by atoms with E-state index in [-0.39, 0.29) is 12.3 Å². The SMILES string of the molecule is CN(C)C(=O)NC(Cc1ccccc1)C(=O)CN(C)C(=O)N1CCC[C@H]1C(=O)O. The van der Waals surface area contributed by atoms with E-state index in [1.54, 1.807) is 14.1 Å². The summed E-state index contributed by atoms with van der Waals surface area (Å²) in [6.45, 7) is 0.117. The number of nitrogens with one attached hydrogen (secondary N) is 1. The summed E-state index contributed by atoms with van der Waals surface area (Å²) in [5.74, 6) is -1.37. The van der Waals surface area contributed by atoms with Gasteiger partial charge in [0.2, 0.25) is 0 Å². The molecule has 2 rings (SSSR count). The lowest BCUT2D eigenvalue weighted by Crippen LogP contribution is -2.52. The molecule has 0 spiro atoms. The smallest absolute Gasteiger partial charge is 0.326 e. The molecule has 4 amide bonds. The quantitative estimate of drug-likeness (QED) is 0.706. The van der Waals surface area contributed by atoms with E-state index in [1.165, 1.54) is 21.7 Å². The third kappa shape index (κ3) is 5.94. The van der Waals surface area contributed by atoms with E-state index in [9.17, 15) is 24.3 Å². The van der Waals surface area contributed by atoms with Gasteiger partial charge in [-0.2, -0.15) is 0 Å². The maximum atomic E-state index is 12.9. The Morgan fingerprint density at radius 2 is 1.83 bits per heavy atom. The zero-order valence-corrected chi connectivity index (χ0v) is 17.0. The van der Waals surface area contributed by atoms with E-state index in [1.807, 2.05) is 30.3 Å². The first kappa shape index (κ1) is 22.2. The van der Waals surface area contributed by atoms with Crippen LogP contribution in [0.25, 0.3) is 0 Å². The van der Waals surface area contributed by atoms with Crippen molar-refractivity contribution in [2.45, 2.75) is 31.3 Å². The van der Waals surface area contributed by atoms with Gasteiger partial charge < -0.3 is 25.1 Å². The van der Waals surface area contributed by atoms with Gasteiger partial charge in [0.1, 0.15) is 6.04 Å². The normalized spacial score (nSPS) is 16.8. The number of rotatable bonds is 7. The Labute approximate surface area is 170 Å². The number of amides is 4. The summed E-state index contributed by atoms with van der Waals surface area (Å²) in [6.07, 6.45) is 1.31. The van der Waals surface area contributed by atoms with Crippen molar-refractivity contribution in [2.24, 2.45) is 0 Å². The molecule has 0 aromatic heterocycles. The predicted molar refractivity (Wildman–Crippen MR) is 107 cm³/mol. The number of likely N-dealkylation sites (tertiary alicyclic amines) is 1. The lowest BCUT2D eigenvalue weighted by Gasteiger charge is -2.28. The Balaban J connectivity index is 2.08. The molecule has 0 saturated carbocycles. The number of benzene rings is 1. The Bertz CT molecular complexity index is 752. The second-order valence-electron chi connectivity index (χ2n) is 7.38. The molecule has 1 heterocycles. The molecule has 1 saturated heterocycles. The monoisotopic (exact) mass is 404 g/mol. The summed E-state index contributed by atoms with van der Waals surface area (Å²) in [4.78, 5) is 52.8. The molecule has 1 aliphatic rings. The van der Waals surface area contributed by atoms with Crippen molar-refractivity contribution in [2.75, 3.05) is 34.2 Å². The van der Waals surface area contributed by atoms with Gasteiger partial charge in [-0.05, 0) is 24.8 Å². The van der Waals surface area contributed by atoms with Crippen LogP contribution in [-0.4, -0.2) is 89.9 Å². The lowest BCUT2D eigenvalue weighted by molar-refractivity contribution is -0.141. The molecule has 1 aliphatic heterocycles. The number of carboxylic acid groups (broad SMARTS) is 1. The molecule has 29 heavy (non-hydrogen) atoms. The highest BCUT2D eigenvalue weighted by Crippen LogP contribution is 2.19. The number of carbonyl (C=O) groups excluding carboxylic acids is 3. The van der Waals surface area contributed by atoms with Crippen LogP contribution in [0.2, 0.25) is 0 Å². The van der Waals surface area contributed by atoms with Gasteiger partial charge >= 0.3 is 18.0 Å². The number of ketones is 1. The summed E-state index contributed by atoms with van der Waals surface area (Å²) >= 11 is 0. The van der Waals surface area contributed by atoms with Gasteiger partial charge in [0.15, 0.2) is 5.78 Å². The number of likely N-dealkylation sites (N-methyl/N-ethyl adjacent to an activating group) is 1. The van der Waals surface area contributed by atoms with Crippen molar-refractivity contribution < 1.29 is 24.3 Å². The van der Waals surface area contributed by atoms with Gasteiger partial charge in [0.25, 0.3) is 0 Å². The molecular weight excluding hydrogens is 376 g/mol. The average molecular weight is 404 g/mol. The third-order valence-corrected chi connectivity index (χ3v) is 4.88. The van der Waals surface area contributed by atoms with Crippen LogP contribution in [0.3, 0.4) is 0 Å². The molecule has 2 atom stereocenters. The molecule has 0 bridgehead atoms. The van der Waals surface area contributed by atoms with Crippen LogP contribution in [0.5, 0.6) is 0 Å². The van der Waals surface area contributed by atoms with Gasteiger partial charge in [0, 0.05) is 27.7 Å². The zero-order valence-electron chi connectivity index (χ0n) is 17.0. The van der Waals surface area contributed by atoms with Crippen molar-refractivity contribution in [1.82, 2.24) is 20.0 Å². The fourth-order valence-electron chi connectivity index (χ4n) is 3.26. The first-order chi connectivity index (χ1) is 13.7. The summed E-state index contributed by atoms with van der Waals surface area (Å²) in [5.41, 5.74) is 0.879. The molecular formula is C20H28N4O5. The molecule has 158 valence electrons. The number of Topliss-reactive ketones (excluding diaryl/α,β-unsaturated/α-hetero) is 1. The molecule has 2 N–H and O–H groups in total. The minimum atomic E-state index is -1.05. The number of hydrogen-bond acceptors (Lipinski definition) is 4. The average Bonchev–Trinajstić information content (AvgIpc) is 3.17. The van der Waals surface area contributed by atoms with Crippen LogP contribution in [-0.2, 0) is 16.0 Å². The Morgan fingerprint density at radius 1 is 1.17 bits per heavy atom. The van der Waals surface area contributed by atoms with E-state index in [0.717, 1.165) is 5.56 Å². The van der Waals surface area contributed by atoms with Gasteiger partial charge in [-0.25, -0.2) is 14.4 Å². The number of urea groups is 2. The predicted octanol–water partition coefficient (Wildman–Crippen LogP) is 1.04. The van der Waals surface area contributed by atoms with Crippen molar-refractivity contribution in [3.63, 3.8) is 0 Å². The Kier molecular flexibility index (Phi) is 7.58. The standard InChI is InChI=1S/C20H28N4O5/c1-22(2)19(28)21-15(12-14-8-5-4-6-9-14)17(25)13-23(3)20(29)24-11-7-10-16(24)18(26)27/h4-6,8-9,15-16H,7,10-13H2,1-3H3,(H,21,28)(H,26,27)/t15?,16-/m0/s1. The van der Waals surface area contributed by atoms with Gasteiger partial charge in [-0.15, -0.1) is 0 Å². The minimum absolute atomic E-state index is 0.229. The van der Waals surface area contributed by atoms with E-state index in [2.05, 4.69) is 5.32 Å². The highest BCUT2D eigenvalue weighted by molar-refractivity contribution is 5.93. The van der Waals surface area contributed by atoms with Crippen molar-refractivity contribution in [3.8, 4) is 0 Å². The van der Waals surface area contributed by atoms with E-state index in [4.69, 9.17) is 0 Å².